The Morgan fingerprint density at radius 1 is 1.38 bits per heavy atom. The van der Waals surface area contributed by atoms with E-state index in [1.165, 1.54) is 6.20 Å². The third-order valence-corrected chi connectivity index (χ3v) is 2.83. The van der Waals surface area contributed by atoms with Crippen LogP contribution in [0.15, 0.2) is 12.8 Å². The van der Waals surface area contributed by atoms with E-state index >= 15 is 0 Å². The van der Waals surface area contributed by atoms with Gasteiger partial charge in [0, 0.05) is 6.20 Å². The summed E-state index contributed by atoms with van der Waals surface area (Å²) in [5, 5.41) is 2.75. The average Bonchev–Trinajstić information content (AvgIpc) is 2.62. The molecule has 0 radical (unpaired) electrons. The monoisotopic (exact) mass is 180 g/mol. The number of urea groups is 1. The predicted molar refractivity (Wildman–Crippen MR) is 46.8 cm³/mol. The molecule has 0 bridgehead atoms. The van der Waals surface area contributed by atoms with Gasteiger partial charge in [-0.2, -0.15) is 0 Å². The highest BCUT2D eigenvalue weighted by Gasteiger charge is 2.51. The molecule has 2 rings (SSSR count). The van der Waals surface area contributed by atoms with Crippen LogP contribution in [0, 0.1) is 0 Å². The standard InChI is InChI=1S/C9H12N2O2/c1-2-11-7(12)9(10-8(11)13)5-3-4-6-9/h2H,1,3-6H2,(H,10,13). The molecule has 1 aliphatic carbocycles. The number of hydrogen-bond donors (Lipinski definition) is 1. The summed E-state index contributed by atoms with van der Waals surface area (Å²) in [6.07, 6.45) is 4.84. The highest BCUT2D eigenvalue weighted by Crippen LogP contribution is 2.34. The third-order valence-electron chi connectivity index (χ3n) is 2.83. The Bertz CT molecular complexity index is 279. The number of nitrogens with one attached hydrogen (secondary N) is 1. The lowest BCUT2D eigenvalue weighted by atomic mass is 9.98. The van der Waals surface area contributed by atoms with Gasteiger partial charge in [0.1, 0.15) is 5.54 Å². The first-order valence-corrected chi connectivity index (χ1v) is 4.48. The Balaban J connectivity index is 2.30. The van der Waals surface area contributed by atoms with Gasteiger partial charge in [-0.3, -0.25) is 4.79 Å². The largest absolute Gasteiger partial charge is 0.329 e. The molecule has 0 aromatic rings. The first kappa shape index (κ1) is 8.29. The third kappa shape index (κ3) is 0.978. The van der Waals surface area contributed by atoms with Crippen molar-refractivity contribution in [1.29, 1.82) is 0 Å². The molecule has 0 atom stereocenters. The molecule has 4 heteroatoms. The van der Waals surface area contributed by atoms with Crippen molar-refractivity contribution in [3.8, 4) is 0 Å². The molecule has 1 aliphatic heterocycles. The van der Waals surface area contributed by atoms with Gasteiger partial charge in [-0.1, -0.05) is 19.4 Å². The molecule has 1 N–H and O–H groups in total. The minimum atomic E-state index is -0.592. The van der Waals surface area contributed by atoms with Crippen molar-refractivity contribution >= 4 is 11.9 Å². The Morgan fingerprint density at radius 3 is 2.46 bits per heavy atom. The zero-order chi connectivity index (χ0) is 9.47. The quantitative estimate of drug-likeness (QED) is 0.612. The van der Waals surface area contributed by atoms with Gasteiger partial charge in [0.05, 0.1) is 0 Å². The second-order valence-electron chi connectivity index (χ2n) is 3.58. The zero-order valence-electron chi connectivity index (χ0n) is 7.38. The fraction of sp³-hybridized carbons (Fsp3) is 0.556. The number of amides is 3. The summed E-state index contributed by atoms with van der Waals surface area (Å²) in [5.41, 5.74) is -0.592. The van der Waals surface area contributed by atoms with E-state index in [2.05, 4.69) is 11.9 Å². The molecule has 0 aromatic carbocycles. The van der Waals surface area contributed by atoms with E-state index in [4.69, 9.17) is 0 Å². The molecule has 0 unspecified atom stereocenters. The van der Waals surface area contributed by atoms with Crippen LogP contribution in [0.2, 0.25) is 0 Å². The van der Waals surface area contributed by atoms with E-state index in [0.29, 0.717) is 0 Å². The van der Waals surface area contributed by atoms with Crippen LogP contribution in [-0.4, -0.2) is 22.4 Å². The average molecular weight is 180 g/mol. The Labute approximate surface area is 76.6 Å². The van der Waals surface area contributed by atoms with E-state index < -0.39 is 5.54 Å². The van der Waals surface area contributed by atoms with Gasteiger partial charge in [0.15, 0.2) is 0 Å². The maximum atomic E-state index is 11.7. The number of carbonyl (C=O) groups is 2. The van der Waals surface area contributed by atoms with E-state index in [9.17, 15) is 9.59 Å². The van der Waals surface area contributed by atoms with Crippen molar-refractivity contribution in [3.63, 3.8) is 0 Å². The highest BCUT2D eigenvalue weighted by atomic mass is 16.2. The minimum Gasteiger partial charge on any atom is -0.323 e. The molecule has 4 nitrogen and oxygen atoms in total. The van der Waals surface area contributed by atoms with Crippen LogP contribution in [0.25, 0.3) is 0 Å². The Kier molecular flexibility index (Phi) is 1.65. The predicted octanol–water partition coefficient (Wildman–Crippen LogP) is 0.994. The zero-order valence-corrected chi connectivity index (χ0v) is 7.38. The van der Waals surface area contributed by atoms with Crippen LogP contribution in [0.5, 0.6) is 0 Å². The normalized spacial score (nSPS) is 25.4. The minimum absolute atomic E-state index is 0.134. The molecule has 2 aliphatic rings. The molecule has 70 valence electrons. The SMILES string of the molecule is C=CN1C(=O)NC2(CCCC2)C1=O. The van der Waals surface area contributed by atoms with Crippen molar-refractivity contribution in [2.75, 3.05) is 0 Å². The molecule has 13 heavy (non-hydrogen) atoms. The van der Waals surface area contributed by atoms with Crippen LogP contribution in [-0.2, 0) is 4.79 Å². The lowest BCUT2D eigenvalue weighted by molar-refractivity contribution is -0.129. The smallest absolute Gasteiger partial charge is 0.323 e. The molecular formula is C9H12N2O2. The number of nitrogens with zero attached hydrogens (tertiary/aromatic N) is 1. The topological polar surface area (TPSA) is 49.4 Å². The molecule has 0 aromatic heterocycles. The fourth-order valence-electron chi connectivity index (χ4n) is 2.12. The van der Waals surface area contributed by atoms with Crippen molar-refractivity contribution < 1.29 is 9.59 Å². The molecule has 1 heterocycles. The van der Waals surface area contributed by atoms with Crippen LogP contribution < -0.4 is 5.32 Å². The number of carbonyl (C=O) groups excluding carboxylic acids is 2. The molecule has 1 saturated carbocycles. The maximum Gasteiger partial charge on any atom is 0.329 e. The summed E-state index contributed by atoms with van der Waals surface area (Å²) >= 11 is 0. The second-order valence-corrected chi connectivity index (χ2v) is 3.58. The van der Waals surface area contributed by atoms with Crippen LogP contribution in [0.1, 0.15) is 25.7 Å². The molecular weight excluding hydrogens is 168 g/mol. The summed E-state index contributed by atoms with van der Waals surface area (Å²) < 4.78 is 0. The van der Waals surface area contributed by atoms with Crippen LogP contribution in [0.3, 0.4) is 0 Å². The highest BCUT2D eigenvalue weighted by molar-refractivity contribution is 6.08. The lowest BCUT2D eigenvalue weighted by Crippen LogP contribution is -2.43. The Hall–Kier alpha value is -1.32. The summed E-state index contributed by atoms with van der Waals surface area (Å²) in [5.74, 6) is -0.134. The van der Waals surface area contributed by atoms with E-state index in [1.807, 2.05) is 0 Å². The van der Waals surface area contributed by atoms with Crippen molar-refractivity contribution in [1.82, 2.24) is 10.2 Å². The first-order chi connectivity index (χ1) is 6.19. The second kappa shape index (κ2) is 2.58. The number of rotatable bonds is 1. The van der Waals surface area contributed by atoms with Gasteiger partial charge in [-0.05, 0) is 12.8 Å². The molecule has 1 spiro atoms. The van der Waals surface area contributed by atoms with E-state index in [0.717, 1.165) is 30.6 Å². The van der Waals surface area contributed by atoms with Crippen molar-refractivity contribution in [3.05, 3.63) is 12.8 Å². The molecule has 2 fully saturated rings. The molecule has 3 amide bonds. The lowest BCUT2D eigenvalue weighted by Gasteiger charge is -2.18. The number of imide groups is 1. The number of hydrogen-bond acceptors (Lipinski definition) is 2. The van der Waals surface area contributed by atoms with Gasteiger partial charge >= 0.3 is 6.03 Å². The summed E-state index contributed by atoms with van der Waals surface area (Å²) in [6, 6.07) is -0.332. The van der Waals surface area contributed by atoms with E-state index in [1.54, 1.807) is 0 Å². The fourth-order valence-corrected chi connectivity index (χ4v) is 2.12. The van der Waals surface area contributed by atoms with Crippen molar-refractivity contribution in [2.45, 2.75) is 31.2 Å². The van der Waals surface area contributed by atoms with Gasteiger partial charge in [0.2, 0.25) is 0 Å². The van der Waals surface area contributed by atoms with Gasteiger partial charge in [0.25, 0.3) is 5.91 Å². The summed E-state index contributed by atoms with van der Waals surface area (Å²) in [6.45, 7) is 3.44. The van der Waals surface area contributed by atoms with E-state index in [-0.39, 0.29) is 11.9 Å². The summed E-state index contributed by atoms with van der Waals surface area (Å²) in [4.78, 5) is 24.1. The van der Waals surface area contributed by atoms with Gasteiger partial charge in [-0.15, -0.1) is 0 Å². The van der Waals surface area contributed by atoms with Crippen LogP contribution in [0.4, 0.5) is 4.79 Å². The van der Waals surface area contributed by atoms with Crippen molar-refractivity contribution in [2.24, 2.45) is 0 Å². The molecule has 1 saturated heterocycles. The maximum absolute atomic E-state index is 11.7. The Morgan fingerprint density at radius 2 is 2.00 bits per heavy atom. The summed E-state index contributed by atoms with van der Waals surface area (Å²) in [7, 11) is 0. The van der Waals surface area contributed by atoms with Crippen LogP contribution >= 0.6 is 0 Å². The van der Waals surface area contributed by atoms with Gasteiger partial charge < -0.3 is 5.32 Å². The van der Waals surface area contributed by atoms with Gasteiger partial charge in [-0.25, -0.2) is 9.69 Å². The first-order valence-electron chi connectivity index (χ1n) is 4.48.